The molecule has 0 radical (unpaired) electrons. The zero-order valence-corrected chi connectivity index (χ0v) is 19.2. The summed E-state index contributed by atoms with van der Waals surface area (Å²) >= 11 is 0. The molecule has 166 valence electrons. The first-order valence-electron chi connectivity index (χ1n) is 10.5. The normalized spacial score (nSPS) is 19.5. The van der Waals surface area contributed by atoms with Gasteiger partial charge in [-0.1, -0.05) is 26.6 Å². The lowest BCUT2D eigenvalue weighted by Crippen LogP contribution is -2.41. The third-order valence-corrected chi connectivity index (χ3v) is 8.50. The second-order valence-corrected chi connectivity index (χ2v) is 14.5. The molecule has 5 rings (SSSR count). The van der Waals surface area contributed by atoms with E-state index in [1.165, 1.54) is 10.6 Å². The monoisotopic (exact) mass is 456 g/mol. The first-order valence-corrected chi connectivity index (χ1v) is 14.0. The summed E-state index contributed by atoms with van der Waals surface area (Å²) in [7, 11) is -2.11. The fourth-order valence-electron chi connectivity index (χ4n) is 4.90. The molecule has 1 N–H and O–H groups in total. The molecule has 6 nitrogen and oxygen atoms in total. The van der Waals surface area contributed by atoms with Crippen molar-refractivity contribution < 1.29 is 23.4 Å². The van der Waals surface area contributed by atoms with Crippen LogP contribution in [-0.4, -0.2) is 28.7 Å². The Hall–Kier alpha value is -2.91. The van der Waals surface area contributed by atoms with Gasteiger partial charge in [-0.3, -0.25) is 14.2 Å². The van der Waals surface area contributed by atoms with Crippen molar-refractivity contribution in [2.45, 2.75) is 51.6 Å². The Labute approximate surface area is 183 Å². The molecule has 3 aromatic rings. The molecular weight excluding hydrogens is 434 g/mol. The molecule has 4 heterocycles. The smallest absolute Gasteiger partial charge is 0.314 e. The highest BCUT2D eigenvalue weighted by atomic mass is 28.3. The van der Waals surface area contributed by atoms with E-state index >= 15 is 0 Å². The zero-order chi connectivity index (χ0) is 23.2. The van der Waals surface area contributed by atoms with Crippen molar-refractivity contribution in [2.24, 2.45) is 0 Å². The van der Waals surface area contributed by atoms with E-state index in [9.17, 15) is 23.5 Å². The molecule has 1 unspecified atom stereocenters. The maximum absolute atomic E-state index is 14.1. The van der Waals surface area contributed by atoms with E-state index in [1.807, 2.05) is 0 Å². The molecule has 1 aromatic carbocycles. The van der Waals surface area contributed by atoms with Gasteiger partial charge in [0.05, 0.1) is 37.9 Å². The van der Waals surface area contributed by atoms with Gasteiger partial charge < -0.3 is 9.84 Å². The first-order chi connectivity index (χ1) is 14.9. The molecule has 0 bridgehead atoms. The van der Waals surface area contributed by atoms with E-state index in [2.05, 4.69) is 24.6 Å². The number of carbonyl (C=O) groups is 1. The maximum Gasteiger partial charge on any atom is 0.314 e. The number of rotatable bonds is 2. The number of pyridine rings is 2. The molecule has 32 heavy (non-hydrogen) atoms. The van der Waals surface area contributed by atoms with E-state index in [0.717, 1.165) is 16.8 Å². The summed E-state index contributed by atoms with van der Waals surface area (Å²) < 4.78 is 34.9. The third-order valence-electron chi connectivity index (χ3n) is 6.43. The van der Waals surface area contributed by atoms with Crippen molar-refractivity contribution in [1.82, 2.24) is 9.55 Å². The number of halogens is 2. The average molecular weight is 457 g/mol. The second kappa shape index (κ2) is 6.55. The Morgan fingerprint density at radius 1 is 1.19 bits per heavy atom. The van der Waals surface area contributed by atoms with Crippen molar-refractivity contribution in [3.8, 4) is 17.1 Å². The van der Waals surface area contributed by atoms with Crippen molar-refractivity contribution in [2.75, 3.05) is 0 Å². The molecule has 0 amide bonds. The predicted molar refractivity (Wildman–Crippen MR) is 118 cm³/mol. The van der Waals surface area contributed by atoms with E-state index in [-0.39, 0.29) is 30.7 Å². The number of benzene rings is 1. The number of hydrogen-bond acceptors (Lipinski definition) is 5. The number of ether oxygens (including phenoxy) is 1. The molecule has 0 fully saturated rings. The Morgan fingerprint density at radius 2 is 1.88 bits per heavy atom. The van der Waals surface area contributed by atoms with Crippen LogP contribution in [0.25, 0.3) is 22.3 Å². The lowest BCUT2D eigenvalue weighted by Gasteiger charge is -2.32. The molecular formula is C23H22F2N2O4Si. The first kappa shape index (κ1) is 21.0. The fraction of sp³-hybridized carbons (Fsp3) is 0.348. The number of esters is 1. The Bertz CT molecular complexity index is 1410. The van der Waals surface area contributed by atoms with Crippen molar-refractivity contribution in [1.29, 1.82) is 0 Å². The largest absolute Gasteiger partial charge is 0.420 e. The van der Waals surface area contributed by atoms with Crippen molar-refractivity contribution >= 4 is 30.1 Å². The van der Waals surface area contributed by atoms with E-state index in [1.54, 1.807) is 13.0 Å². The summed E-state index contributed by atoms with van der Waals surface area (Å²) in [5.41, 5.74) is 0.291. The zero-order valence-electron chi connectivity index (χ0n) is 18.2. The highest BCUT2D eigenvalue weighted by molar-refractivity contribution is 6.90. The molecule has 2 aliphatic heterocycles. The molecule has 0 spiro atoms. The van der Waals surface area contributed by atoms with Crippen LogP contribution in [0.3, 0.4) is 0 Å². The fourth-order valence-corrected chi connectivity index (χ4v) is 7.01. The van der Waals surface area contributed by atoms with Gasteiger partial charge in [-0.2, -0.15) is 0 Å². The summed E-state index contributed by atoms with van der Waals surface area (Å²) in [6.45, 7) is 8.20. The van der Waals surface area contributed by atoms with Crippen molar-refractivity contribution in [3.63, 3.8) is 0 Å². The average Bonchev–Trinajstić information content (AvgIpc) is 3.05. The minimum atomic E-state index is -2.11. The Kier molecular flexibility index (Phi) is 4.29. The summed E-state index contributed by atoms with van der Waals surface area (Å²) in [4.78, 5) is 30.0. The minimum Gasteiger partial charge on any atom is -0.420 e. The second-order valence-electron chi connectivity index (χ2n) is 9.55. The van der Waals surface area contributed by atoms with Gasteiger partial charge in [0.25, 0.3) is 5.56 Å². The predicted octanol–water partition coefficient (Wildman–Crippen LogP) is 3.16. The summed E-state index contributed by atoms with van der Waals surface area (Å²) in [5, 5.41) is 12.5. The molecule has 2 aliphatic rings. The van der Waals surface area contributed by atoms with Gasteiger partial charge in [0.2, 0.25) is 5.75 Å². The third kappa shape index (κ3) is 2.80. The van der Waals surface area contributed by atoms with Crippen LogP contribution in [0, 0.1) is 11.6 Å². The lowest BCUT2D eigenvalue weighted by molar-refractivity contribution is -0.143. The van der Waals surface area contributed by atoms with Gasteiger partial charge in [-0.25, -0.2) is 13.8 Å². The van der Waals surface area contributed by atoms with Crippen LogP contribution in [0.5, 0.6) is 5.75 Å². The van der Waals surface area contributed by atoms with Crippen LogP contribution < -0.4 is 15.5 Å². The number of hydrogen-bond donors (Lipinski definition) is 1. The van der Waals surface area contributed by atoms with Crippen LogP contribution in [-0.2, 0) is 16.9 Å². The van der Waals surface area contributed by atoms with Gasteiger partial charge in [0, 0.05) is 17.0 Å². The van der Waals surface area contributed by atoms with Crippen LogP contribution in [0.2, 0.25) is 19.6 Å². The van der Waals surface area contributed by atoms with Gasteiger partial charge in [-0.15, -0.1) is 0 Å². The molecule has 2 aromatic heterocycles. The molecule has 9 heteroatoms. The van der Waals surface area contributed by atoms with E-state index < -0.39 is 36.8 Å². The summed E-state index contributed by atoms with van der Waals surface area (Å²) in [6.07, 6.45) is -0.0251. The van der Waals surface area contributed by atoms with Crippen LogP contribution in [0.1, 0.15) is 30.9 Å². The quantitative estimate of drug-likeness (QED) is 0.370. The maximum atomic E-state index is 14.1. The van der Waals surface area contributed by atoms with Crippen LogP contribution >= 0.6 is 0 Å². The topological polar surface area (TPSA) is 81.4 Å². The van der Waals surface area contributed by atoms with E-state index in [4.69, 9.17) is 4.74 Å². The van der Waals surface area contributed by atoms with Gasteiger partial charge in [0.15, 0.2) is 11.6 Å². The minimum absolute atomic E-state index is 0.168. The van der Waals surface area contributed by atoms with Crippen LogP contribution in [0.15, 0.2) is 23.0 Å². The number of fused-ring (bicyclic) bond motifs is 5. The highest BCUT2D eigenvalue weighted by Gasteiger charge is 2.43. The van der Waals surface area contributed by atoms with Gasteiger partial charge in [0.1, 0.15) is 5.60 Å². The van der Waals surface area contributed by atoms with Gasteiger partial charge >= 0.3 is 5.97 Å². The molecule has 0 aliphatic carbocycles. The number of nitrogens with zero attached hydrogens (tertiary/aromatic N) is 2. The summed E-state index contributed by atoms with van der Waals surface area (Å²) in [6, 6.07) is 3.91. The SMILES string of the molecule is CCC1(O)CC(=O)Oc2c1cc1n(c2=O)Cc2c-1nc1cc(F)c(F)cc1c2[Si](C)(C)C. The molecule has 0 saturated heterocycles. The lowest BCUT2D eigenvalue weighted by atomic mass is 9.85. The Balaban J connectivity index is 1.88. The van der Waals surface area contributed by atoms with E-state index in [0.29, 0.717) is 22.3 Å². The highest BCUT2D eigenvalue weighted by Crippen LogP contribution is 2.42. The van der Waals surface area contributed by atoms with Crippen LogP contribution in [0.4, 0.5) is 8.78 Å². The van der Waals surface area contributed by atoms with Crippen molar-refractivity contribution in [3.05, 3.63) is 51.3 Å². The van der Waals surface area contributed by atoms with Gasteiger partial charge in [-0.05, 0) is 29.3 Å². The molecule has 0 saturated carbocycles. The summed E-state index contributed by atoms with van der Waals surface area (Å²) in [5.74, 6) is -2.76. The molecule has 1 atom stereocenters. The number of aromatic nitrogens is 2. The number of carbonyl (C=O) groups excluding carboxylic acids is 1. The standard InChI is InChI=1S/C23H22F2N2O4Si/c1-5-23(30)9-18(28)31-20-13(23)7-17-19-12(10-27(17)22(20)29)21(32(2,3)4)11-6-14(24)15(25)8-16(11)26-19/h6-8,30H,5,9-10H2,1-4H3. The Morgan fingerprint density at radius 3 is 2.53 bits per heavy atom. The number of aliphatic hydroxyl groups is 1.